The van der Waals surface area contributed by atoms with Gasteiger partial charge in [0.05, 0.1) is 0 Å². The first kappa shape index (κ1) is 27.7. The van der Waals surface area contributed by atoms with Crippen LogP contribution in [0.3, 0.4) is 0 Å². The van der Waals surface area contributed by atoms with Crippen LogP contribution in [0.4, 0.5) is 0 Å². The van der Waals surface area contributed by atoms with Crippen molar-refractivity contribution < 1.29 is 44.0 Å². The van der Waals surface area contributed by atoms with E-state index in [1.807, 2.05) is 5.31 Å². The van der Waals surface area contributed by atoms with Crippen LogP contribution in [0.1, 0.15) is 102 Å². The molecule has 0 aromatic heterocycles. The van der Waals surface area contributed by atoms with E-state index in [9.17, 15) is 0 Å². The van der Waals surface area contributed by atoms with Crippen LogP contribution in [0.25, 0.3) is 12.2 Å². The Labute approximate surface area is 235 Å². The molecule has 0 amide bonds. The molecule has 0 bridgehead atoms. The van der Waals surface area contributed by atoms with Crippen molar-refractivity contribution in [2.45, 2.75) is 90.9 Å². The molecule has 2 aromatic rings. The van der Waals surface area contributed by atoms with Gasteiger partial charge in [0.2, 0.25) is 0 Å². The number of hydrogen-bond donors (Lipinski definition) is 0. The first-order valence-electron chi connectivity index (χ1n) is 13.4. The number of benzene rings is 2. The van der Waals surface area contributed by atoms with E-state index in [4.69, 9.17) is 0 Å². The zero-order valence-electron chi connectivity index (χ0n) is 20.9. The predicted molar refractivity (Wildman–Crippen MR) is 141 cm³/mol. The molecule has 0 spiro atoms. The Hall–Kier alpha value is -0.356. The summed E-state index contributed by atoms with van der Waals surface area (Å²) in [4.78, 5) is 0. The van der Waals surface area contributed by atoms with Crippen LogP contribution in [0.5, 0.6) is 0 Å². The monoisotopic (exact) mass is 558 g/mol. The summed E-state index contributed by atoms with van der Waals surface area (Å²) in [7, 11) is -0.0126. The average Bonchev–Trinajstić information content (AvgIpc) is 3.38. The fraction of sp³-hybridized carbons (Fsp3) is 0.484. The van der Waals surface area contributed by atoms with E-state index < -0.39 is 0 Å². The van der Waals surface area contributed by atoms with E-state index in [2.05, 4.69) is 67.6 Å². The molecule has 0 N–H and O–H groups in total. The summed E-state index contributed by atoms with van der Waals surface area (Å²) in [6.45, 7) is 2.41. The molecular formula is C31H37Cl2PTi. The molecule has 2 unspecified atom stereocenters. The van der Waals surface area contributed by atoms with E-state index in [0.29, 0.717) is 4.22 Å². The summed E-state index contributed by atoms with van der Waals surface area (Å²) in [6, 6.07) is 18.7. The molecular weight excluding hydrogens is 522 g/mol. The van der Waals surface area contributed by atoms with Crippen LogP contribution in [0.15, 0.2) is 59.4 Å². The van der Waals surface area contributed by atoms with E-state index in [1.54, 1.807) is 22.3 Å². The van der Waals surface area contributed by atoms with Gasteiger partial charge < -0.3 is 24.8 Å². The van der Waals surface area contributed by atoms with Gasteiger partial charge >= 0.3 is 212 Å². The van der Waals surface area contributed by atoms with E-state index in [1.165, 1.54) is 69.8 Å². The van der Waals surface area contributed by atoms with Gasteiger partial charge in [-0.3, -0.25) is 0 Å². The van der Waals surface area contributed by atoms with Gasteiger partial charge in [0.25, 0.3) is 0 Å². The predicted octanol–water partition coefficient (Wildman–Crippen LogP) is 3.48. The normalized spacial score (nSPS) is 23.9. The molecule has 4 aliphatic carbocycles. The molecule has 35 heavy (non-hydrogen) atoms. The number of fused-ring (bicyclic) bond motifs is 2. The Balaban J connectivity index is 0.00000144. The van der Waals surface area contributed by atoms with Crippen molar-refractivity contribution in [1.29, 1.82) is 0 Å². The second kappa shape index (κ2) is 12.5. The first-order chi connectivity index (χ1) is 16.3. The molecule has 0 aliphatic heterocycles. The number of rotatable bonds is 5. The van der Waals surface area contributed by atoms with Gasteiger partial charge in [0.15, 0.2) is 0 Å². The molecule has 2 atom stereocenters. The zero-order valence-corrected chi connectivity index (χ0v) is 24.8. The van der Waals surface area contributed by atoms with E-state index in [0.717, 1.165) is 15.5 Å². The summed E-state index contributed by atoms with van der Waals surface area (Å²) >= 11 is -0.218. The molecule has 184 valence electrons. The minimum Gasteiger partial charge on any atom is -1.00 e. The van der Waals surface area contributed by atoms with Gasteiger partial charge in [-0.1, -0.05) is 0 Å². The third-order valence-electron chi connectivity index (χ3n) is 8.62. The molecule has 0 nitrogen and oxygen atoms in total. The maximum Gasteiger partial charge on any atom is -1.00 e. The minimum atomic E-state index is -0.218. The molecule has 6 rings (SSSR count). The van der Waals surface area contributed by atoms with Crippen molar-refractivity contribution in [2.24, 2.45) is 0 Å². The summed E-state index contributed by atoms with van der Waals surface area (Å²) in [5.41, 5.74) is 9.98. The molecule has 2 fully saturated rings. The largest absolute Gasteiger partial charge is 1.00 e. The van der Waals surface area contributed by atoms with Crippen LogP contribution < -0.4 is 24.8 Å². The molecule has 0 heterocycles. The van der Waals surface area contributed by atoms with Crippen LogP contribution >= 0.6 is 7.92 Å². The number of halogens is 2. The van der Waals surface area contributed by atoms with Gasteiger partial charge in [-0.25, -0.2) is 0 Å². The summed E-state index contributed by atoms with van der Waals surface area (Å²) in [5, 5.41) is 1.95. The van der Waals surface area contributed by atoms with Crippen molar-refractivity contribution in [2.75, 3.05) is 0 Å². The quantitative estimate of drug-likeness (QED) is 0.389. The molecule has 4 aliphatic rings. The smallest absolute Gasteiger partial charge is 1.00 e. The second-order valence-corrected chi connectivity index (χ2v) is 15.9. The summed E-state index contributed by atoms with van der Waals surface area (Å²) in [5.74, 6) is 0. The van der Waals surface area contributed by atoms with Gasteiger partial charge in [-0.2, -0.15) is 0 Å². The Morgan fingerprint density at radius 1 is 0.629 bits per heavy atom. The zero-order chi connectivity index (χ0) is 22.2. The van der Waals surface area contributed by atoms with Gasteiger partial charge in [-0.05, 0) is 0 Å². The second-order valence-electron chi connectivity index (χ2n) is 10.7. The Morgan fingerprint density at radius 3 is 1.69 bits per heavy atom. The van der Waals surface area contributed by atoms with Gasteiger partial charge in [0, 0.05) is 0 Å². The van der Waals surface area contributed by atoms with Crippen molar-refractivity contribution >= 4 is 20.1 Å². The fourth-order valence-corrected chi connectivity index (χ4v) is 14.9. The van der Waals surface area contributed by atoms with Gasteiger partial charge in [0.1, 0.15) is 0 Å². The molecule has 0 radical (unpaired) electrons. The van der Waals surface area contributed by atoms with Crippen molar-refractivity contribution in [1.82, 2.24) is 0 Å². The third kappa shape index (κ3) is 5.59. The van der Waals surface area contributed by atoms with Crippen molar-refractivity contribution in [3.05, 3.63) is 81.7 Å². The van der Waals surface area contributed by atoms with Crippen LogP contribution in [0, 0.1) is 0 Å². The Bertz CT molecular complexity index is 1050. The van der Waals surface area contributed by atoms with Crippen LogP contribution in [0.2, 0.25) is 0 Å². The molecule has 0 saturated heterocycles. The van der Waals surface area contributed by atoms with Crippen molar-refractivity contribution in [3.8, 4) is 0 Å². The minimum absolute atomic E-state index is 0. The van der Waals surface area contributed by atoms with E-state index >= 15 is 0 Å². The Morgan fingerprint density at radius 2 is 1.11 bits per heavy atom. The summed E-state index contributed by atoms with van der Waals surface area (Å²) < 4.78 is 1.45. The number of hydrogen-bond acceptors (Lipinski definition) is 0. The average molecular weight is 559 g/mol. The fourth-order valence-electron chi connectivity index (χ4n) is 7.01. The Kier molecular flexibility index (Phi) is 9.85. The maximum atomic E-state index is 2.73. The number of allylic oxidation sites excluding steroid dienone is 2. The van der Waals surface area contributed by atoms with E-state index in [-0.39, 0.29) is 51.9 Å². The first-order valence-corrected chi connectivity index (χ1v) is 16.7. The van der Waals surface area contributed by atoms with Crippen molar-refractivity contribution in [3.63, 3.8) is 0 Å². The third-order valence-corrected chi connectivity index (χ3v) is 15.8. The topological polar surface area (TPSA) is 0 Å². The molecule has 4 heteroatoms. The molecule has 2 aromatic carbocycles. The maximum absolute atomic E-state index is 2.73. The summed E-state index contributed by atoms with van der Waals surface area (Å²) in [6.07, 6.45) is 20.1. The van der Waals surface area contributed by atoms with Crippen LogP contribution in [-0.2, 0) is 19.2 Å². The standard InChI is InChI=1S/C21H28P.C10H9.2ClH.Ti/c1-3-11-19(12-4-1)22(20-13-5-2-6-14-20)21-15-17-9-7-8-10-18(17)16-21;1-8-6-9-4-2-3-5-10(9)7-8;;;/h7-10,15-16,19-20H,1-6,11-14H2;2-7H,1H3;2*1H;/q;;;;+2/p-2. The van der Waals surface area contributed by atoms with Gasteiger partial charge in [-0.15, -0.1) is 0 Å². The van der Waals surface area contributed by atoms with Crippen LogP contribution in [-0.4, -0.2) is 11.3 Å². The molecule has 2 saturated carbocycles. The SMILES string of the molecule is CC1=Cc2ccccc2[CH]1[Ti+2][CH]1C(P(C2CCCCC2)C2CCCCC2)=Cc2ccccc21.[Cl-].[Cl-].